The summed E-state index contributed by atoms with van der Waals surface area (Å²) in [6.07, 6.45) is 2.04. The fraction of sp³-hybridized carbons (Fsp3) is 0.938. The second-order valence-electron chi connectivity index (χ2n) is 7.14. The number of ether oxygens (including phenoxy) is 1. The summed E-state index contributed by atoms with van der Waals surface area (Å²) in [5.74, 6) is 0.661. The van der Waals surface area contributed by atoms with E-state index in [2.05, 4.69) is 19.2 Å². The second kappa shape index (κ2) is 7.68. The van der Waals surface area contributed by atoms with Crippen molar-refractivity contribution in [1.29, 1.82) is 0 Å². The van der Waals surface area contributed by atoms with Gasteiger partial charge >= 0.3 is 0 Å². The number of carbonyl (C=O) groups is 1. The van der Waals surface area contributed by atoms with Crippen molar-refractivity contribution in [2.75, 3.05) is 39.1 Å². The molecule has 1 atom stereocenters. The Hall–Kier alpha value is -0.700. The molecular weight excluding hydrogens is 330 g/mol. The first-order valence-electron chi connectivity index (χ1n) is 8.81. The molecule has 8 heteroatoms. The van der Waals surface area contributed by atoms with Crippen LogP contribution in [0.25, 0.3) is 0 Å². The summed E-state index contributed by atoms with van der Waals surface area (Å²) in [4.78, 5) is 14.7. The minimum Gasteiger partial charge on any atom is -0.383 e. The maximum absolute atomic E-state index is 12.8. The summed E-state index contributed by atoms with van der Waals surface area (Å²) in [6, 6.07) is -0.184. The van der Waals surface area contributed by atoms with Gasteiger partial charge in [0.1, 0.15) is 0 Å². The highest BCUT2D eigenvalue weighted by Gasteiger charge is 2.51. The predicted molar refractivity (Wildman–Crippen MR) is 93.0 cm³/mol. The van der Waals surface area contributed by atoms with Gasteiger partial charge in [-0.2, -0.15) is 0 Å². The van der Waals surface area contributed by atoms with Crippen LogP contribution in [0, 0.1) is 5.92 Å². The molecule has 2 saturated heterocycles. The number of rotatable bonds is 7. The molecule has 2 fully saturated rings. The van der Waals surface area contributed by atoms with E-state index < -0.39 is 15.7 Å². The van der Waals surface area contributed by atoms with E-state index in [0.717, 1.165) is 6.42 Å². The highest BCUT2D eigenvalue weighted by molar-refractivity contribution is 7.89. The summed E-state index contributed by atoms with van der Waals surface area (Å²) in [7, 11) is -1.54. The molecule has 2 rings (SSSR count). The quantitative estimate of drug-likeness (QED) is 0.719. The molecule has 0 aliphatic carbocycles. The summed E-state index contributed by atoms with van der Waals surface area (Å²) in [5.41, 5.74) is -0.436. The van der Waals surface area contributed by atoms with E-state index in [1.54, 1.807) is 18.3 Å². The number of sulfonamides is 1. The summed E-state index contributed by atoms with van der Waals surface area (Å²) >= 11 is 0. The van der Waals surface area contributed by atoms with Crippen LogP contribution in [0.5, 0.6) is 0 Å². The Labute approximate surface area is 145 Å². The van der Waals surface area contributed by atoms with Gasteiger partial charge in [-0.15, -0.1) is 0 Å². The first-order valence-corrected chi connectivity index (χ1v) is 10.4. The Morgan fingerprint density at radius 1 is 1.33 bits per heavy atom. The van der Waals surface area contributed by atoms with Crippen LogP contribution in [0.4, 0.5) is 0 Å². The molecular formula is C16H31N3O4S. The van der Waals surface area contributed by atoms with Gasteiger partial charge in [-0.3, -0.25) is 10.1 Å². The van der Waals surface area contributed by atoms with Crippen molar-refractivity contribution in [3.05, 3.63) is 0 Å². The maximum atomic E-state index is 12.8. The lowest BCUT2D eigenvalue weighted by atomic mass is 9.97. The smallest absolute Gasteiger partial charge is 0.241 e. The molecule has 0 bridgehead atoms. The Morgan fingerprint density at radius 2 is 1.96 bits per heavy atom. The van der Waals surface area contributed by atoms with Crippen molar-refractivity contribution in [1.82, 2.24) is 14.5 Å². The fourth-order valence-electron chi connectivity index (χ4n) is 3.73. The molecule has 2 aliphatic heterocycles. The van der Waals surface area contributed by atoms with Gasteiger partial charge in [0.25, 0.3) is 0 Å². The van der Waals surface area contributed by atoms with Crippen LogP contribution in [0.3, 0.4) is 0 Å². The number of carbonyl (C=O) groups excluding carboxylic acids is 1. The maximum Gasteiger partial charge on any atom is 0.241 e. The number of hydrogen-bond donors (Lipinski definition) is 1. The van der Waals surface area contributed by atoms with Crippen molar-refractivity contribution in [2.24, 2.45) is 5.92 Å². The average Bonchev–Trinajstić information content (AvgIpc) is 2.77. The Kier molecular flexibility index (Phi) is 6.28. The van der Waals surface area contributed by atoms with Gasteiger partial charge in [0.15, 0.2) is 0 Å². The number of hydrogen-bond acceptors (Lipinski definition) is 5. The van der Waals surface area contributed by atoms with Crippen molar-refractivity contribution in [3.63, 3.8) is 0 Å². The molecule has 24 heavy (non-hydrogen) atoms. The number of methoxy groups -OCH3 is 1. The van der Waals surface area contributed by atoms with E-state index in [9.17, 15) is 13.2 Å². The summed E-state index contributed by atoms with van der Waals surface area (Å²) in [6.45, 7) is 7.81. The van der Waals surface area contributed by atoms with E-state index in [4.69, 9.17) is 4.74 Å². The van der Waals surface area contributed by atoms with Crippen LogP contribution in [0.15, 0.2) is 0 Å². The molecule has 2 heterocycles. The van der Waals surface area contributed by atoms with Crippen LogP contribution in [0.2, 0.25) is 0 Å². The molecule has 7 nitrogen and oxygen atoms in total. The van der Waals surface area contributed by atoms with E-state index in [-0.39, 0.29) is 17.7 Å². The lowest BCUT2D eigenvalue weighted by Gasteiger charge is -2.44. The van der Waals surface area contributed by atoms with E-state index >= 15 is 0 Å². The largest absolute Gasteiger partial charge is 0.383 e. The molecule has 0 unspecified atom stereocenters. The van der Waals surface area contributed by atoms with E-state index in [1.807, 2.05) is 4.90 Å². The minimum absolute atomic E-state index is 0.118. The minimum atomic E-state index is -3.17. The highest BCUT2D eigenvalue weighted by atomic mass is 32.2. The average molecular weight is 362 g/mol. The first-order chi connectivity index (χ1) is 11.3. The van der Waals surface area contributed by atoms with E-state index in [0.29, 0.717) is 45.0 Å². The van der Waals surface area contributed by atoms with Gasteiger partial charge < -0.3 is 9.64 Å². The van der Waals surface area contributed by atoms with Crippen molar-refractivity contribution in [2.45, 2.75) is 51.7 Å². The van der Waals surface area contributed by atoms with Gasteiger partial charge in [0.05, 0.1) is 24.1 Å². The van der Waals surface area contributed by atoms with Crippen LogP contribution in [-0.2, 0) is 19.6 Å². The highest BCUT2D eigenvalue weighted by Crippen LogP contribution is 2.34. The SMILES string of the molecule is CCS(=O)(=O)N1CCC2(CC1)N[C@@H](CC(C)C)C(=O)N2CCOC. The Morgan fingerprint density at radius 3 is 2.46 bits per heavy atom. The van der Waals surface area contributed by atoms with E-state index in [1.165, 1.54) is 0 Å². The Balaban J connectivity index is 2.15. The molecule has 0 aromatic carbocycles. The normalized spacial score (nSPS) is 25.1. The zero-order valence-electron chi connectivity index (χ0n) is 15.2. The van der Waals surface area contributed by atoms with Crippen molar-refractivity contribution < 1.29 is 17.9 Å². The monoisotopic (exact) mass is 361 g/mol. The standard InChI is InChI=1S/C16H31N3O4S/c1-5-24(21,22)18-8-6-16(7-9-18)17-14(12-13(2)3)15(20)19(16)10-11-23-4/h13-14,17H,5-12H2,1-4H3/t14-/m0/s1. The second-order valence-corrected chi connectivity index (χ2v) is 9.40. The van der Waals surface area contributed by atoms with Crippen LogP contribution >= 0.6 is 0 Å². The zero-order valence-corrected chi connectivity index (χ0v) is 16.1. The molecule has 1 N–H and O–H groups in total. The van der Waals surface area contributed by atoms with Crippen LogP contribution in [0.1, 0.15) is 40.0 Å². The molecule has 1 spiro atoms. The Bertz CT molecular complexity index is 542. The predicted octanol–water partition coefficient (Wildman–Crippen LogP) is 0.621. The molecule has 0 radical (unpaired) electrons. The van der Waals surface area contributed by atoms with Gasteiger partial charge in [0, 0.05) is 26.7 Å². The third-order valence-electron chi connectivity index (χ3n) is 5.06. The molecule has 1 amide bonds. The topological polar surface area (TPSA) is 79.0 Å². The van der Waals surface area contributed by atoms with Crippen molar-refractivity contribution in [3.8, 4) is 0 Å². The van der Waals surface area contributed by atoms with Crippen LogP contribution in [-0.4, -0.2) is 74.3 Å². The van der Waals surface area contributed by atoms with Gasteiger partial charge in [-0.1, -0.05) is 13.8 Å². The zero-order chi connectivity index (χ0) is 18.0. The third kappa shape index (κ3) is 3.92. The lowest BCUT2D eigenvalue weighted by molar-refractivity contribution is -0.134. The molecule has 0 aromatic heterocycles. The summed E-state index contributed by atoms with van der Waals surface area (Å²) in [5, 5.41) is 3.54. The number of nitrogens with one attached hydrogen (secondary N) is 1. The van der Waals surface area contributed by atoms with Crippen molar-refractivity contribution >= 4 is 15.9 Å². The number of amides is 1. The summed E-state index contributed by atoms with van der Waals surface area (Å²) < 4.78 is 30.9. The number of nitrogens with zero attached hydrogens (tertiary/aromatic N) is 2. The molecule has 0 saturated carbocycles. The van der Waals surface area contributed by atoms with Gasteiger partial charge in [0.2, 0.25) is 15.9 Å². The van der Waals surface area contributed by atoms with Gasteiger partial charge in [-0.05, 0) is 32.1 Å². The van der Waals surface area contributed by atoms with Gasteiger partial charge in [-0.25, -0.2) is 12.7 Å². The lowest BCUT2D eigenvalue weighted by Crippen LogP contribution is -2.60. The van der Waals surface area contributed by atoms with Crippen LogP contribution < -0.4 is 5.32 Å². The molecule has 0 aromatic rings. The molecule has 140 valence electrons. The third-order valence-corrected chi connectivity index (χ3v) is 6.94. The first kappa shape index (κ1) is 19.6. The fourth-order valence-corrected chi connectivity index (χ4v) is 4.84. The number of piperidine rings is 1. The molecule has 2 aliphatic rings.